The van der Waals surface area contributed by atoms with E-state index in [0.29, 0.717) is 18.4 Å². The van der Waals surface area contributed by atoms with Gasteiger partial charge in [0.15, 0.2) is 12.4 Å². The number of imide groups is 1. The molecule has 1 aliphatic heterocycles. The number of likely N-dealkylation sites (tertiary alicyclic amines) is 1. The summed E-state index contributed by atoms with van der Waals surface area (Å²) < 4.78 is 11.3. The number of halogens is 1. The molecule has 2 aliphatic rings. The van der Waals surface area contributed by atoms with Crippen molar-refractivity contribution in [3.05, 3.63) is 75.8 Å². The molecule has 8 nitrogen and oxygen atoms in total. The number of carbonyl (C=O) groups is 5. The fraction of sp³-hybridized carbons (Fsp3) is 0.296. The summed E-state index contributed by atoms with van der Waals surface area (Å²) in [4.78, 5) is 63.8. The quantitative estimate of drug-likeness (QED) is 0.167. The Morgan fingerprint density at radius 3 is 2.25 bits per heavy atom. The Bertz CT molecular complexity index is 1250. The predicted molar refractivity (Wildman–Crippen MR) is 132 cm³/mol. The Morgan fingerprint density at radius 1 is 0.972 bits per heavy atom. The highest BCUT2D eigenvalue weighted by Gasteiger charge is 2.51. The molecular weight excluding hydrogens is 530 g/mol. The summed E-state index contributed by atoms with van der Waals surface area (Å²) in [5.74, 6) is -3.24. The van der Waals surface area contributed by atoms with Crippen LogP contribution in [-0.2, 0) is 19.1 Å². The molecule has 36 heavy (non-hydrogen) atoms. The Labute approximate surface area is 216 Å². The fourth-order valence-electron chi connectivity index (χ4n) is 4.35. The molecule has 2 aromatic rings. The van der Waals surface area contributed by atoms with Crippen LogP contribution >= 0.6 is 15.9 Å². The van der Waals surface area contributed by atoms with Gasteiger partial charge < -0.3 is 9.47 Å². The number of fused-ring (bicyclic) bond motifs is 1. The third-order valence-electron chi connectivity index (χ3n) is 6.40. The van der Waals surface area contributed by atoms with Crippen LogP contribution in [0.5, 0.6) is 5.75 Å². The van der Waals surface area contributed by atoms with Crippen molar-refractivity contribution in [1.82, 2.24) is 4.90 Å². The van der Waals surface area contributed by atoms with E-state index in [2.05, 4.69) is 15.9 Å². The van der Waals surface area contributed by atoms with E-state index in [9.17, 15) is 24.0 Å². The van der Waals surface area contributed by atoms with Crippen molar-refractivity contribution in [2.24, 2.45) is 11.8 Å². The Kier molecular flexibility index (Phi) is 7.49. The number of rotatable bonds is 7. The molecule has 0 N–H and O–H groups in total. The van der Waals surface area contributed by atoms with Crippen molar-refractivity contribution in [2.75, 3.05) is 6.61 Å². The van der Waals surface area contributed by atoms with Crippen molar-refractivity contribution in [3.8, 4) is 5.75 Å². The van der Waals surface area contributed by atoms with Crippen molar-refractivity contribution >= 4 is 45.5 Å². The molecular formula is C27H24BrNO7. The summed E-state index contributed by atoms with van der Waals surface area (Å²) in [6, 6.07) is 11.4. The second-order valence-electron chi connectivity index (χ2n) is 8.88. The molecule has 1 saturated heterocycles. The zero-order valence-electron chi connectivity index (χ0n) is 19.7. The Hall–Kier alpha value is -3.59. The molecule has 186 valence electrons. The average molecular weight is 554 g/mol. The van der Waals surface area contributed by atoms with E-state index < -0.39 is 42.2 Å². The maximum absolute atomic E-state index is 12.8. The number of esters is 2. The molecule has 4 rings (SSSR count). The fourth-order valence-corrected chi connectivity index (χ4v) is 4.62. The van der Waals surface area contributed by atoms with Crippen LogP contribution in [0.4, 0.5) is 0 Å². The number of hydrogen-bond donors (Lipinski definition) is 0. The maximum atomic E-state index is 12.8. The van der Waals surface area contributed by atoms with Crippen LogP contribution in [0.25, 0.3) is 0 Å². The number of benzene rings is 2. The summed E-state index contributed by atoms with van der Waals surface area (Å²) in [5, 5.41) is 0. The van der Waals surface area contributed by atoms with Crippen molar-refractivity contribution in [1.29, 1.82) is 0 Å². The minimum absolute atomic E-state index is 0.250. The lowest BCUT2D eigenvalue weighted by molar-refractivity contribution is -0.157. The standard InChI is InChI=1S/C27H24BrNO7/c1-15-3-12-21-22(13-15)25(32)29(24(21)31)16(2)26(33)35-14-23(30)17-6-10-20(11-7-17)36-27(34)18-4-8-19(28)9-5-18/h3-11,16,21-22H,12-14H2,1-2H3. The predicted octanol–water partition coefficient (Wildman–Crippen LogP) is 4.12. The molecule has 0 aromatic heterocycles. The topological polar surface area (TPSA) is 107 Å². The average Bonchev–Trinajstić information content (AvgIpc) is 3.11. The van der Waals surface area contributed by atoms with Gasteiger partial charge in [-0.1, -0.05) is 27.6 Å². The number of hydrogen-bond acceptors (Lipinski definition) is 7. The molecule has 9 heteroatoms. The van der Waals surface area contributed by atoms with Crippen LogP contribution in [0.3, 0.4) is 0 Å². The first-order chi connectivity index (χ1) is 17.2. The van der Waals surface area contributed by atoms with Crippen LogP contribution in [0, 0.1) is 11.8 Å². The van der Waals surface area contributed by atoms with Gasteiger partial charge in [0, 0.05) is 10.0 Å². The molecule has 2 amide bonds. The van der Waals surface area contributed by atoms with Gasteiger partial charge in [-0.15, -0.1) is 0 Å². The van der Waals surface area contributed by atoms with Gasteiger partial charge in [0.1, 0.15) is 11.8 Å². The van der Waals surface area contributed by atoms with Crippen molar-refractivity contribution < 1.29 is 33.4 Å². The normalized spacial score (nSPS) is 19.9. The minimum atomic E-state index is -1.12. The van der Waals surface area contributed by atoms with E-state index in [0.717, 1.165) is 14.9 Å². The van der Waals surface area contributed by atoms with Crippen LogP contribution in [-0.4, -0.2) is 47.1 Å². The summed E-state index contributed by atoms with van der Waals surface area (Å²) >= 11 is 3.30. The number of ketones is 1. The third-order valence-corrected chi connectivity index (χ3v) is 6.93. The molecule has 1 aliphatic carbocycles. The van der Waals surface area contributed by atoms with E-state index >= 15 is 0 Å². The third kappa shape index (κ3) is 5.31. The second-order valence-corrected chi connectivity index (χ2v) is 9.79. The smallest absolute Gasteiger partial charge is 0.343 e. The minimum Gasteiger partial charge on any atom is -0.456 e. The monoisotopic (exact) mass is 553 g/mol. The van der Waals surface area contributed by atoms with Gasteiger partial charge in [0.05, 0.1) is 17.4 Å². The first kappa shape index (κ1) is 25.5. The number of amides is 2. The van der Waals surface area contributed by atoms with E-state index in [4.69, 9.17) is 9.47 Å². The van der Waals surface area contributed by atoms with Gasteiger partial charge in [0.25, 0.3) is 0 Å². The van der Waals surface area contributed by atoms with Gasteiger partial charge in [-0.05, 0) is 75.2 Å². The van der Waals surface area contributed by atoms with Crippen LogP contribution in [0.2, 0.25) is 0 Å². The second kappa shape index (κ2) is 10.6. The maximum Gasteiger partial charge on any atom is 0.343 e. The largest absolute Gasteiger partial charge is 0.456 e. The molecule has 2 aromatic carbocycles. The van der Waals surface area contributed by atoms with Gasteiger partial charge >= 0.3 is 11.9 Å². The summed E-state index contributed by atoms with van der Waals surface area (Å²) in [7, 11) is 0. The van der Waals surface area contributed by atoms with Crippen molar-refractivity contribution in [2.45, 2.75) is 32.7 Å². The molecule has 1 fully saturated rings. The van der Waals surface area contributed by atoms with Crippen LogP contribution < -0.4 is 4.74 Å². The van der Waals surface area contributed by atoms with E-state index in [1.807, 2.05) is 13.0 Å². The van der Waals surface area contributed by atoms with Crippen LogP contribution in [0.15, 0.2) is 64.7 Å². The SMILES string of the molecule is CC1=CCC2C(=O)N(C(C)C(=O)OCC(=O)c3ccc(OC(=O)c4ccc(Br)cc4)cc3)C(=O)C2C1. The summed E-state index contributed by atoms with van der Waals surface area (Å²) in [6.45, 7) is 2.79. The van der Waals surface area contributed by atoms with E-state index in [1.165, 1.54) is 31.2 Å². The first-order valence-electron chi connectivity index (χ1n) is 11.5. The highest BCUT2D eigenvalue weighted by atomic mass is 79.9. The zero-order valence-corrected chi connectivity index (χ0v) is 21.3. The van der Waals surface area contributed by atoms with Gasteiger partial charge in [-0.3, -0.25) is 19.3 Å². The number of carbonyl (C=O) groups excluding carboxylic acids is 5. The van der Waals surface area contributed by atoms with Gasteiger partial charge in [-0.2, -0.15) is 0 Å². The lowest BCUT2D eigenvalue weighted by Crippen LogP contribution is -2.44. The zero-order chi connectivity index (χ0) is 26.0. The lowest BCUT2D eigenvalue weighted by Gasteiger charge is -2.21. The molecule has 3 unspecified atom stereocenters. The summed E-state index contributed by atoms with van der Waals surface area (Å²) in [6.07, 6.45) is 2.93. The summed E-state index contributed by atoms with van der Waals surface area (Å²) in [5.41, 5.74) is 1.67. The van der Waals surface area contributed by atoms with E-state index in [-0.39, 0.29) is 23.1 Å². The molecule has 0 spiro atoms. The molecule has 0 bridgehead atoms. The molecule has 1 heterocycles. The molecule has 0 radical (unpaired) electrons. The highest BCUT2D eigenvalue weighted by molar-refractivity contribution is 9.10. The van der Waals surface area contributed by atoms with Crippen molar-refractivity contribution in [3.63, 3.8) is 0 Å². The van der Waals surface area contributed by atoms with Crippen LogP contribution in [0.1, 0.15) is 47.4 Å². The lowest BCUT2D eigenvalue weighted by atomic mass is 9.82. The number of allylic oxidation sites excluding steroid dienone is 2. The highest BCUT2D eigenvalue weighted by Crippen LogP contribution is 2.38. The molecule has 3 atom stereocenters. The Morgan fingerprint density at radius 2 is 1.58 bits per heavy atom. The number of nitrogens with zero attached hydrogens (tertiary/aromatic N) is 1. The molecule has 0 saturated carbocycles. The van der Waals surface area contributed by atoms with Gasteiger partial charge in [-0.25, -0.2) is 9.59 Å². The Balaban J connectivity index is 1.31. The van der Waals surface area contributed by atoms with E-state index in [1.54, 1.807) is 24.3 Å². The number of ether oxygens (including phenoxy) is 2. The van der Waals surface area contributed by atoms with Gasteiger partial charge in [0.2, 0.25) is 11.8 Å². The number of Topliss-reactive ketones (excluding diaryl/α,β-unsaturated/α-hetero) is 1. The first-order valence-corrected chi connectivity index (χ1v) is 12.2.